The number of Topliss-reactive ketones (excluding diaryl/α,β-unsaturated/α-hetero) is 1. The van der Waals surface area contributed by atoms with E-state index in [1.165, 1.54) is 18.1 Å². The number of ether oxygens (including phenoxy) is 1. The molecule has 1 N–H and O–H groups in total. The molecule has 3 aliphatic carbocycles. The van der Waals surface area contributed by atoms with E-state index in [9.17, 15) is 24.3 Å². The Kier molecular flexibility index (Phi) is 4.88. The number of hydrogen-bond donors (Lipinski definition) is 1. The van der Waals surface area contributed by atoms with Gasteiger partial charge in [0.2, 0.25) is 11.8 Å². The molecule has 1 aromatic carbocycles. The molecular formula is C26H25NO6. The number of hydrogen-bond acceptors (Lipinski definition) is 6. The van der Waals surface area contributed by atoms with Gasteiger partial charge in [-0.1, -0.05) is 23.8 Å². The second-order valence-corrected chi connectivity index (χ2v) is 9.05. The van der Waals surface area contributed by atoms with Crippen molar-refractivity contribution in [3.05, 3.63) is 58.2 Å². The lowest BCUT2D eigenvalue weighted by molar-refractivity contribution is -0.139. The Morgan fingerprint density at radius 2 is 1.88 bits per heavy atom. The minimum atomic E-state index is -0.687. The number of methoxy groups -OCH3 is 1. The summed E-state index contributed by atoms with van der Waals surface area (Å²) in [6.45, 7) is 3.69. The van der Waals surface area contributed by atoms with Gasteiger partial charge < -0.3 is 9.84 Å². The van der Waals surface area contributed by atoms with Crippen LogP contribution in [0.25, 0.3) is 0 Å². The molecule has 1 aliphatic heterocycles. The van der Waals surface area contributed by atoms with Gasteiger partial charge in [-0.15, -0.1) is 0 Å². The average molecular weight is 447 g/mol. The van der Waals surface area contributed by atoms with Gasteiger partial charge in [0, 0.05) is 34.7 Å². The highest BCUT2D eigenvalue weighted by Gasteiger charge is 2.56. The van der Waals surface area contributed by atoms with Crippen LogP contribution in [-0.4, -0.2) is 47.0 Å². The molecule has 0 unspecified atom stereocenters. The minimum Gasteiger partial charge on any atom is -0.504 e. The molecule has 170 valence electrons. The van der Waals surface area contributed by atoms with E-state index in [-0.39, 0.29) is 41.3 Å². The van der Waals surface area contributed by atoms with E-state index in [2.05, 4.69) is 0 Å². The van der Waals surface area contributed by atoms with E-state index in [1.807, 2.05) is 6.08 Å². The van der Waals surface area contributed by atoms with Gasteiger partial charge in [-0.2, -0.15) is 0 Å². The highest BCUT2D eigenvalue weighted by atomic mass is 16.5. The molecule has 0 spiro atoms. The van der Waals surface area contributed by atoms with Crippen molar-refractivity contribution in [3.63, 3.8) is 0 Å². The molecule has 5 rings (SSSR count). The van der Waals surface area contributed by atoms with Crippen LogP contribution in [0, 0.1) is 17.8 Å². The topological polar surface area (TPSA) is 101 Å². The van der Waals surface area contributed by atoms with Crippen LogP contribution in [0.5, 0.6) is 11.5 Å². The number of imide groups is 1. The third-order valence-corrected chi connectivity index (χ3v) is 7.53. The molecule has 4 aliphatic rings. The van der Waals surface area contributed by atoms with Gasteiger partial charge in [-0.3, -0.25) is 24.1 Å². The van der Waals surface area contributed by atoms with Crippen molar-refractivity contribution >= 4 is 23.4 Å². The highest BCUT2D eigenvalue weighted by Crippen LogP contribution is 2.56. The number of para-hydroxylation sites is 1. The van der Waals surface area contributed by atoms with Crippen molar-refractivity contribution in [1.29, 1.82) is 0 Å². The fourth-order valence-electron chi connectivity index (χ4n) is 6.03. The first kappa shape index (κ1) is 21.4. The van der Waals surface area contributed by atoms with Crippen LogP contribution in [0.1, 0.15) is 38.2 Å². The van der Waals surface area contributed by atoms with Gasteiger partial charge in [-0.25, -0.2) is 0 Å². The molecular weight excluding hydrogens is 422 g/mol. The number of carbonyl (C=O) groups excluding carboxylic acids is 4. The van der Waals surface area contributed by atoms with E-state index < -0.39 is 23.7 Å². The van der Waals surface area contributed by atoms with E-state index >= 15 is 0 Å². The van der Waals surface area contributed by atoms with Crippen molar-refractivity contribution in [3.8, 4) is 11.5 Å². The number of rotatable bonds is 3. The summed E-state index contributed by atoms with van der Waals surface area (Å²) in [7, 11) is 1.45. The number of phenols is 1. The molecule has 2 amide bonds. The van der Waals surface area contributed by atoms with Crippen LogP contribution in [-0.2, 0) is 19.2 Å². The Morgan fingerprint density at radius 1 is 1.12 bits per heavy atom. The van der Waals surface area contributed by atoms with Crippen LogP contribution < -0.4 is 4.74 Å². The standard InChI is InChI=1S/C26H25NO6/c1-4-27-25(31)15-9-8-13-16(21(15)26(27)32)11-17-18(28)10-12(2)23(29)22(17)20(13)14-6-5-7-19(33-3)24(14)30/h5-8,10,15-16,20-21,30H,4,9,11H2,1-3H3/t15-,16+,20+,21-/m0/s1. The number of likely N-dealkylation sites (tertiary alicyclic amines) is 1. The van der Waals surface area contributed by atoms with E-state index in [1.54, 1.807) is 32.0 Å². The number of nitrogens with zero attached hydrogens (tertiary/aromatic N) is 1. The predicted octanol–water partition coefficient (Wildman–Crippen LogP) is 2.85. The summed E-state index contributed by atoms with van der Waals surface area (Å²) in [5, 5.41) is 11.0. The first-order chi connectivity index (χ1) is 15.8. The lowest BCUT2D eigenvalue weighted by atomic mass is 9.59. The molecule has 0 aromatic heterocycles. The summed E-state index contributed by atoms with van der Waals surface area (Å²) in [6, 6.07) is 5.07. The number of benzene rings is 1. The van der Waals surface area contributed by atoms with Gasteiger partial charge >= 0.3 is 0 Å². The van der Waals surface area contributed by atoms with Crippen molar-refractivity contribution in [2.75, 3.05) is 13.7 Å². The highest BCUT2D eigenvalue weighted by molar-refractivity contribution is 6.24. The molecule has 0 saturated carbocycles. The lowest BCUT2D eigenvalue weighted by Gasteiger charge is -2.42. The Hall–Kier alpha value is -3.48. The van der Waals surface area contributed by atoms with Crippen LogP contribution >= 0.6 is 0 Å². The van der Waals surface area contributed by atoms with Crippen molar-refractivity contribution < 1.29 is 29.0 Å². The molecule has 1 fully saturated rings. The fourth-order valence-corrected chi connectivity index (χ4v) is 6.03. The van der Waals surface area contributed by atoms with Crippen LogP contribution in [0.3, 0.4) is 0 Å². The Bertz CT molecular complexity index is 1220. The molecule has 1 aromatic rings. The SMILES string of the molecule is CCN1C(=O)[C@H]2[C@H](CC=C3[C@H](c4cccc(OC)c4O)C4=C(C[C@H]32)C(=O)C=C(C)C4=O)C1=O. The van der Waals surface area contributed by atoms with Gasteiger partial charge in [0.05, 0.1) is 18.9 Å². The Labute approximate surface area is 191 Å². The molecule has 0 radical (unpaired) electrons. The number of allylic oxidation sites excluding steroid dienone is 6. The second-order valence-electron chi connectivity index (χ2n) is 9.05. The Morgan fingerprint density at radius 3 is 2.58 bits per heavy atom. The second kappa shape index (κ2) is 7.54. The maximum Gasteiger partial charge on any atom is 0.233 e. The smallest absolute Gasteiger partial charge is 0.233 e. The molecule has 1 saturated heterocycles. The van der Waals surface area contributed by atoms with Crippen molar-refractivity contribution in [1.82, 2.24) is 4.90 Å². The van der Waals surface area contributed by atoms with Crippen LogP contribution in [0.15, 0.2) is 52.6 Å². The molecule has 1 heterocycles. The minimum absolute atomic E-state index is 0.100. The van der Waals surface area contributed by atoms with Crippen molar-refractivity contribution in [2.24, 2.45) is 17.8 Å². The molecule has 7 nitrogen and oxygen atoms in total. The molecule has 4 atom stereocenters. The summed E-state index contributed by atoms with van der Waals surface area (Å²) < 4.78 is 5.29. The largest absolute Gasteiger partial charge is 0.504 e. The fraction of sp³-hybridized carbons (Fsp3) is 0.385. The number of fused-ring (bicyclic) bond motifs is 3. The maximum atomic E-state index is 13.3. The first-order valence-electron chi connectivity index (χ1n) is 11.2. The molecule has 0 bridgehead atoms. The number of aromatic hydroxyl groups is 1. The summed E-state index contributed by atoms with van der Waals surface area (Å²) in [4.78, 5) is 53.8. The zero-order valence-electron chi connectivity index (χ0n) is 18.8. The molecule has 7 heteroatoms. The summed E-state index contributed by atoms with van der Waals surface area (Å²) in [5.74, 6) is -2.83. The first-order valence-corrected chi connectivity index (χ1v) is 11.2. The summed E-state index contributed by atoms with van der Waals surface area (Å²) in [6.07, 6.45) is 3.90. The van der Waals surface area contributed by atoms with Crippen LogP contribution in [0.2, 0.25) is 0 Å². The monoisotopic (exact) mass is 447 g/mol. The third kappa shape index (κ3) is 2.88. The van der Waals surface area contributed by atoms with E-state index in [0.29, 0.717) is 35.2 Å². The normalized spacial score (nSPS) is 28.9. The Balaban J connectivity index is 1.73. The quantitative estimate of drug-likeness (QED) is 0.434. The van der Waals surface area contributed by atoms with Gasteiger partial charge in [0.1, 0.15) is 0 Å². The lowest BCUT2D eigenvalue weighted by Crippen LogP contribution is -2.39. The number of ketones is 2. The number of phenolic OH excluding ortho intramolecular Hbond substituents is 1. The number of amides is 2. The maximum absolute atomic E-state index is 13.3. The zero-order chi connectivity index (χ0) is 23.6. The molecule has 33 heavy (non-hydrogen) atoms. The van der Waals surface area contributed by atoms with Gasteiger partial charge in [0.15, 0.2) is 23.1 Å². The average Bonchev–Trinajstić information content (AvgIpc) is 3.06. The van der Waals surface area contributed by atoms with Crippen molar-refractivity contribution in [2.45, 2.75) is 32.6 Å². The van der Waals surface area contributed by atoms with E-state index in [0.717, 1.165) is 5.57 Å². The number of carbonyl (C=O) groups is 4. The zero-order valence-corrected chi connectivity index (χ0v) is 18.8. The third-order valence-electron chi connectivity index (χ3n) is 7.53. The van der Waals surface area contributed by atoms with E-state index in [4.69, 9.17) is 4.74 Å². The van der Waals surface area contributed by atoms with Gasteiger partial charge in [-0.05, 0) is 44.7 Å². The van der Waals surface area contributed by atoms with Crippen LogP contribution in [0.4, 0.5) is 0 Å². The summed E-state index contributed by atoms with van der Waals surface area (Å²) in [5.41, 5.74) is 2.34. The predicted molar refractivity (Wildman–Crippen MR) is 118 cm³/mol. The van der Waals surface area contributed by atoms with Gasteiger partial charge in [0.25, 0.3) is 0 Å². The summed E-state index contributed by atoms with van der Waals surface area (Å²) >= 11 is 0.